The first-order valence-corrected chi connectivity index (χ1v) is 9.14. The van der Waals surface area contributed by atoms with Crippen molar-refractivity contribution in [1.82, 2.24) is 20.3 Å². The van der Waals surface area contributed by atoms with Crippen LogP contribution in [-0.4, -0.2) is 53.6 Å². The van der Waals surface area contributed by atoms with Gasteiger partial charge in [0, 0.05) is 38.9 Å². The lowest BCUT2D eigenvalue weighted by molar-refractivity contribution is 0.0946. The van der Waals surface area contributed by atoms with Gasteiger partial charge >= 0.3 is 0 Å². The minimum atomic E-state index is -0.162. The fraction of sp³-hybridized carbons (Fsp3) is 0.474. The number of hydrogen-bond acceptors (Lipinski definition) is 6. The van der Waals surface area contributed by atoms with Crippen LogP contribution in [0.25, 0.3) is 0 Å². The van der Waals surface area contributed by atoms with Crippen molar-refractivity contribution in [2.75, 3.05) is 42.5 Å². The summed E-state index contributed by atoms with van der Waals surface area (Å²) in [4.78, 5) is 29.6. The SMILES string of the molecule is CC(C)CCNC(=O)c1cnc(N2CCN(c3ccccn3)CC2)cn1. The molecule has 0 spiro atoms. The smallest absolute Gasteiger partial charge is 0.271 e. The van der Waals surface area contributed by atoms with E-state index in [1.54, 1.807) is 12.4 Å². The van der Waals surface area contributed by atoms with Gasteiger partial charge in [0.15, 0.2) is 0 Å². The van der Waals surface area contributed by atoms with E-state index in [-0.39, 0.29) is 5.91 Å². The van der Waals surface area contributed by atoms with Crippen LogP contribution in [-0.2, 0) is 0 Å². The van der Waals surface area contributed by atoms with Gasteiger partial charge in [0.2, 0.25) is 0 Å². The molecule has 0 aromatic carbocycles. The molecule has 1 N–H and O–H groups in total. The third-order valence-electron chi connectivity index (χ3n) is 4.46. The van der Waals surface area contributed by atoms with Crippen LogP contribution < -0.4 is 15.1 Å². The van der Waals surface area contributed by atoms with Gasteiger partial charge in [0.05, 0.1) is 12.4 Å². The van der Waals surface area contributed by atoms with Crippen molar-refractivity contribution in [3.63, 3.8) is 0 Å². The Labute approximate surface area is 154 Å². The van der Waals surface area contributed by atoms with Gasteiger partial charge in [0.1, 0.15) is 17.3 Å². The summed E-state index contributed by atoms with van der Waals surface area (Å²) in [5.41, 5.74) is 0.365. The van der Waals surface area contributed by atoms with Crippen LogP contribution in [0.1, 0.15) is 30.8 Å². The van der Waals surface area contributed by atoms with Crippen molar-refractivity contribution in [2.24, 2.45) is 5.92 Å². The molecule has 3 rings (SSSR count). The molecule has 0 aliphatic carbocycles. The predicted octanol–water partition coefficient (Wildman–Crippen LogP) is 1.97. The Morgan fingerprint density at radius 1 is 1.04 bits per heavy atom. The quantitative estimate of drug-likeness (QED) is 0.855. The topological polar surface area (TPSA) is 74.2 Å². The first-order valence-electron chi connectivity index (χ1n) is 9.14. The maximum absolute atomic E-state index is 12.1. The van der Waals surface area contributed by atoms with Gasteiger partial charge in [0.25, 0.3) is 5.91 Å². The maximum atomic E-state index is 12.1. The van der Waals surface area contributed by atoms with E-state index in [1.165, 1.54) is 0 Å². The Morgan fingerprint density at radius 3 is 2.35 bits per heavy atom. The number of anilines is 2. The number of rotatable bonds is 6. The molecule has 0 radical (unpaired) electrons. The van der Waals surface area contributed by atoms with E-state index in [4.69, 9.17) is 0 Å². The third-order valence-corrected chi connectivity index (χ3v) is 4.46. The summed E-state index contributed by atoms with van der Waals surface area (Å²) < 4.78 is 0. The van der Waals surface area contributed by atoms with Crippen molar-refractivity contribution in [1.29, 1.82) is 0 Å². The van der Waals surface area contributed by atoms with Crippen LogP contribution in [0.4, 0.5) is 11.6 Å². The third kappa shape index (κ3) is 4.68. The number of pyridine rings is 1. The van der Waals surface area contributed by atoms with E-state index in [9.17, 15) is 4.79 Å². The molecule has 26 heavy (non-hydrogen) atoms. The molecule has 0 bridgehead atoms. The first-order chi connectivity index (χ1) is 12.6. The second kappa shape index (κ2) is 8.60. The average molecular weight is 354 g/mol. The van der Waals surface area contributed by atoms with Crippen LogP contribution in [0, 0.1) is 5.92 Å². The molecule has 0 saturated carbocycles. The molecule has 2 aromatic rings. The van der Waals surface area contributed by atoms with Gasteiger partial charge in [-0.15, -0.1) is 0 Å². The van der Waals surface area contributed by atoms with Crippen molar-refractivity contribution >= 4 is 17.5 Å². The molecule has 2 aromatic heterocycles. The Kier molecular flexibility index (Phi) is 5.99. The highest BCUT2D eigenvalue weighted by Crippen LogP contribution is 2.16. The van der Waals surface area contributed by atoms with Crippen molar-refractivity contribution < 1.29 is 4.79 Å². The number of carbonyl (C=O) groups is 1. The molecule has 1 aliphatic rings. The summed E-state index contributed by atoms with van der Waals surface area (Å²) in [6.07, 6.45) is 6.02. The van der Waals surface area contributed by atoms with Gasteiger partial charge in [-0.2, -0.15) is 0 Å². The molecular formula is C19H26N6O. The van der Waals surface area contributed by atoms with Crippen LogP contribution in [0.3, 0.4) is 0 Å². The van der Waals surface area contributed by atoms with Crippen molar-refractivity contribution in [3.05, 3.63) is 42.5 Å². The van der Waals surface area contributed by atoms with E-state index in [0.717, 1.165) is 44.2 Å². The summed E-state index contributed by atoms with van der Waals surface area (Å²) in [7, 11) is 0. The molecule has 1 fully saturated rings. The van der Waals surface area contributed by atoms with Crippen LogP contribution in [0.5, 0.6) is 0 Å². The molecule has 1 aliphatic heterocycles. The molecule has 1 amide bonds. The maximum Gasteiger partial charge on any atom is 0.271 e. The number of nitrogens with one attached hydrogen (secondary N) is 1. The summed E-state index contributed by atoms with van der Waals surface area (Å²) >= 11 is 0. The molecule has 0 unspecified atom stereocenters. The van der Waals surface area contributed by atoms with E-state index in [2.05, 4.69) is 43.9 Å². The highest BCUT2D eigenvalue weighted by molar-refractivity contribution is 5.91. The summed E-state index contributed by atoms with van der Waals surface area (Å²) in [6.45, 7) is 8.40. The monoisotopic (exact) mass is 354 g/mol. The van der Waals surface area contributed by atoms with Gasteiger partial charge in [-0.3, -0.25) is 4.79 Å². The van der Waals surface area contributed by atoms with E-state index >= 15 is 0 Å². The number of aromatic nitrogens is 3. The second-order valence-electron chi connectivity index (χ2n) is 6.86. The molecule has 0 atom stereocenters. The molecule has 1 saturated heterocycles. The lowest BCUT2D eigenvalue weighted by Gasteiger charge is -2.35. The van der Waals surface area contributed by atoms with Crippen LogP contribution in [0.15, 0.2) is 36.8 Å². The number of amides is 1. The summed E-state index contributed by atoms with van der Waals surface area (Å²) in [5.74, 6) is 2.22. The fourth-order valence-corrected chi connectivity index (χ4v) is 2.87. The van der Waals surface area contributed by atoms with Crippen LogP contribution >= 0.6 is 0 Å². The average Bonchev–Trinajstić information content (AvgIpc) is 2.68. The zero-order valence-corrected chi connectivity index (χ0v) is 15.4. The zero-order valence-electron chi connectivity index (χ0n) is 15.4. The molecule has 7 heteroatoms. The van der Waals surface area contributed by atoms with Gasteiger partial charge in [-0.1, -0.05) is 19.9 Å². The molecular weight excluding hydrogens is 328 g/mol. The highest BCUT2D eigenvalue weighted by atomic mass is 16.1. The number of nitrogens with zero attached hydrogens (tertiary/aromatic N) is 5. The standard InChI is InChI=1S/C19H26N6O/c1-15(2)6-8-21-19(26)16-13-23-18(14-22-16)25-11-9-24(10-12-25)17-5-3-4-7-20-17/h3-5,7,13-15H,6,8-12H2,1-2H3,(H,21,26). The Hall–Kier alpha value is -2.70. The minimum absolute atomic E-state index is 0.162. The van der Waals surface area contributed by atoms with E-state index < -0.39 is 0 Å². The van der Waals surface area contributed by atoms with Gasteiger partial charge in [-0.05, 0) is 24.5 Å². The number of piperazine rings is 1. The lowest BCUT2D eigenvalue weighted by atomic mass is 10.1. The highest BCUT2D eigenvalue weighted by Gasteiger charge is 2.19. The Morgan fingerprint density at radius 2 is 1.77 bits per heavy atom. The normalized spacial score (nSPS) is 14.6. The predicted molar refractivity (Wildman–Crippen MR) is 102 cm³/mol. The van der Waals surface area contributed by atoms with E-state index in [1.807, 2.05) is 24.4 Å². The minimum Gasteiger partial charge on any atom is -0.353 e. The molecule has 7 nitrogen and oxygen atoms in total. The van der Waals surface area contributed by atoms with E-state index in [0.29, 0.717) is 18.2 Å². The summed E-state index contributed by atoms with van der Waals surface area (Å²) in [6, 6.07) is 5.96. The van der Waals surface area contributed by atoms with Crippen molar-refractivity contribution in [3.8, 4) is 0 Å². The molecule has 3 heterocycles. The fourth-order valence-electron chi connectivity index (χ4n) is 2.87. The first kappa shape index (κ1) is 18.1. The lowest BCUT2D eigenvalue weighted by Crippen LogP contribution is -2.47. The molecule has 138 valence electrons. The van der Waals surface area contributed by atoms with Gasteiger partial charge < -0.3 is 15.1 Å². The zero-order chi connectivity index (χ0) is 18.4. The van der Waals surface area contributed by atoms with Gasteiger partial charge in [-0.25, -0.2) is 15.0 Å². The Balaban J connectivity index is 1.52. The number of carbonyl (C=O) groups excluding carboxylic acids is 1. The second-order valence-corrected chi connectivity index (χ2v) is 6.86. The summed E-state index contributed by atoms with van der Waals surface area (Å²) in [5, 5.41) is 2.88. The number of hydrogen-bond donors (Lipinski definition) is 1. The van der Waals surface area contributed by atoms with Crippen molar-refractivity contribution in [2.45, 2.75) is 20.3 Å². The van der Waals surface area contributed by atoms with Crippen LogP contribution in [0.2, 0.25) is 0 Å². The largest absolute Gasteiger partial charge is 0.353 e. The Bertz CT molecular complexity index is 696.